The number of aliphatic hydroxyl groups is 1. The predicted molar refractivity (Wildman–Crippen MR) is 52.8 cm³/mol. The first-order chi connectivity index (χ1) is 6.06. The van der Waals surface area contributed by atoms with Crippen molar-refractivity contribution in [1.82, 2.24) is 4.98 Å². The molecular weight excluding hydrogens is 314 g/mol. The van der Waals surface area contributed by atoms with E-state index in [9.17, 15) is 8.78 Å². The third kappa shape index (κ3) is 2.47. The summed E-state index contributed by atoms with van der Waals surface area (Å²) in [4.78, 5) is 3.59. The van der Waals surface area contributed by atoms with E-state index in [0.717, 1.165) is 0 Å². The molecule has 0 atom stereocenters. The van der Waals surface area contributed by atoms with Crippen LogP contribution in [0.15, 0.2) is 6.07 Å². The van der Waals surface area contributed by atoms with Crippen LogP contribution in [0.25, 0.3) is 0 Å². The van der Waals surface area contributed by atoms with Crippen LogP contribution in [0.1, 0.15) is 17.7 Å². The first-order valence-electron chi connectivity index (χ1n) is 3.30. The molecule has 1 N–H and O–H groups in total. The summed E-state index contributed by atoms with van der Waals surface area (Å²) in [5, 5.41) is 9.02. The van der Waals surface area contributed by atoms with Crippen molar-refractivity contribution in [2.24, 2.45) is 0 Å². The Labute approximate surface area is 92.1 Å². The molecule has 0 saturated heterocycles. The predicted octanol–water partition coefficient (Wildman–Crippen LogP) is 2.77. The van der Waals surface area contributed by atoms with Crippen molar-refractivity contribution in [2.75, 3.05) is 0 Å². The van der Waals surface area contributed by atoms with Gasteiger partial charge in [-0.2, -0.15) is 0 Å². The maximum atomic E-state index is 12.3. The van der Waals surface area contributed by atoms with Gasteiger partial charge in [-0.05, 0) is 28.7 Å². The van der Waals surface area contributed by atoms with Crippen LogP contribution < -0.4 is 0 Å². The fourth-order valence-electron chi connectivity index (χ4n) is 0.833. The Kier molecular flexibility index (Phi) is 3.81. The second-order valence-electron chi connectivity index (χ2n) is 2.26. The van der Waals surface area contributed by atoms with Gasteiger partial charge in [-0.15, -0.1) is 0 Å². The van der Waals surface area contributed by atoms with Crippen LogP contribution in [0, 0.1) is 3.70 Å². The van der Waals surface area contributed by atoms with Crippen molar-refractivity contribution in [3.8, 4) is 0 Å². The van der Waals surface area contributed by atoms with E-state index in [1.807, 2.05) is 0 Å². The molecule has 0 bridgehead atoms. The summed E-state index contributed by atoms with van der Waals surface area (Å²) in [5.41, 5.74) is -0.336. The topological polar surface area (TPSA) is 33.1 Å². The molecule has 0 aromatic carbocycles. The average molecular weight is 319 g/mol. The molecule has 0 amide bonds. The van der Waals surface area contributed by atoms with Gasteiger partial charge in [-0.3, -0.25) is 0 Å². The number of hydrogen-bond donors (Lipinski definition) is 1. The molecule has 2 nitrogen and oxygen atoms in total. The van der Waals surface area contributed by atoms with E-state index in [-0.39, 0.29) is 10.6 Å². The standard InChI is InChI=1S/C7H5ClF2INO/c8-4-1-3(2-13)5(6(9)10)12-7(4)11/h1,6,13H,2H2. The minimum atomic E-state index is -2.69. The van der Waals surface area contributed by atoms with Gasteiger partial charge in [0.1, 0.15) is 9.39 Å². The molecule has 0 aliphatic carbocycles. The second kappa shape index (κ2) is 4.47. The van der Waals surface area contributed by atoms with Crippen molar-refractivity contribution in [1.29, 1.82) is 0 Å². The molecule has 1 heterocycles. The zero-order valence-corrected chi connectivity index (χ0v) is 9.18. The molecule has 0 aliphatic heterocycles. The van der Waals surface area contributed by atoms with E-state index < -0.39 is 18.7 Å². The molecule has 0 spiro atoms. The molecular formula is C7H5ClF2INO. The van der Waals surface area contributed by atoms with Crippen molar-refractivity contribution in [2.45, 2.75) is 13.0 Å². The van der Waals surface area contributed by atoms with Gasteiger partial charge in [0.25, 0.3) is 6.43 Å². The molecule has 1 aromatic heterocycles. The Morgan fingerprint density at radius 2 is 2.23 bits per heavy atom. The zero-order chi connectivity index (χ0) is 10.0. The molecule has 1 aromatic rings. The van der Waals surface area contributed by atoms with Gasteiger partial charge in [0, 0.05) is 5.56 Å². The van der Waals surface area contributed by atoms with Crippen LogP contribution >= 0.6 is 34.2 Å². The zero-order valence-electron chi connectivity index (χ0n) is 6.27. The highest BCUT2D eigenvalue weighted by atomic mass is 127. The van der Waals surface area contributed by atoms with Gasteiger partial charge < -0.3 is 5.11 Å². The van der Waals surface area contributed by atoms with E-state index >= 15 is 0 Å². The van der Waals surface area contributed by atoms with Crippen LogP contribution in [-0.4, -0.2) is 10.1 Å². The molecule has 72 valence electrons. The first kappa shape index (κ1) is 11.1. The molecule has 0 radical (unpaired) electrons. The van der Waals surface area contributed by atoms with Crippen LogP contribution in [0.4, 0.5) is 8.78 Å². The quantitative estimate of drug-likeness (QED) is 0.672. The van der Waals surface area contributed by atoms with E-state index in [1.165, 1.54) is 6.07 Å². The molecule has 1 rings (SSSR count). The normalized spacial score (nSPS) is 10.9. The molecule has 0 fully saturated rings. The van der Waals surface area contributed by atoms with Crippen LogP contribution in [0.2, 0.25) is 5.02 Å². The first-order valence-corrected chi connectivity index (χ1v) is 4.75. The van der Waals surface area contributed by atoms with Gasteiger partial charge in [-0.1, -0.05) is 11.6 Å². The maximum absolute atomic E-state index is 12.3. The molecule has 0 unspecified atom stereocenters. The Morgan fingerprint density at radius 1 is 1.62 bits per heavy atom. The fourth-order valence-corrected chi connectivity index (χ4v) is 1.42. The minimum absolute atomic E-state index is 0.0698. The van der Waals surface area contributed by atoms with Gasteiger partial charge in [-0.25, -0.2) is 13.8 Å². The summed E-state index contributed by atoms with van der Waals surface area (Å²) in [6, 6.07) is 1.30. The number of aliphatic hydroxyl groups excluding tert-OH is 1. The number of alkyl halides is 2. The van der Waals surface area contributed by atoms with E-state index in [4.69, 9.17) is 16.7 Å². The summed E-state index contributed by atoms with van der Waals surface area (Å²) >= 11 is 7.40. The molecule has 0 saturated carbocycles. The Morgan fingerprint density at radius 3 is 2.69 bits per heavy atom. The minimum Gasteiger partial charge on any atom is -0.392 e. The SMILES string of the molecule is OCc1cc(Cl)c(I)nc1C(F)F. The van der Waals surface area contributed by atoms with E-state index in [1.54, 1.807) is 22.6 Å². The number of halogens is 4. The molecule has 13 heavy (non-hydrogen) atoms. The lowest BCUT2D eigenvalue weighted by atomic mass is 10.2. The Balaban J connectivity index is 3.25. The number of nitrogens with zero attached hydrogens (tertiary/aromatic N) is 1. The lowest BCUT2D eigenvalue weighted by Crippen LogP contribution is -2.00. The fraction of sp³-hybridized carbons (Fsp3) is 0.286. The lowest BCUT2D eigenvalue weighted by Gasteiger charge is -2.06. The Bertz CT molecular complexity index is 322. The van der Waals surface area contributed by atoms with Crippen molar-refractivity contribution < 1.29 is 13.9 Å². The number of pyridine rings is 1. The summed E-state index contributed by atoms with van der Waals surface area (Å²) in [5.74, 6) is 0. The van der Waals surface area contributed by atoms with Crippen LogP contribution in [0.3, 0.4) is 0 Å². The number of hydrogen-bond acceptors (Lipinski definition) is 2. The summed E-state index contributed by atoms with van der Waals surface area (Å²) in [6.45, 7) is -0.483. The van der Waals surface area contributed by atoms with Gasteiger partial charge >= 0.3 is 0 Å². The van der Waals surface area contributed by atoms with Gasteiger partial charge in [0.05, 0.1) is 11.6 Å². The highest BCUT2D eigenvalue weighted by Gasteiger charge is 2.16. The average Bonchev–Trinajstić information content (AvgIpc) is 2.08. The monoisotopic (exact) mass is 319 g/mol. The van der Waals surface area contributed by atoms with Gasteiger partial charge in [0.15, 0.2) is 0 Å². The highest BCUT2D eigenvalue weighted by molar-refractivity contribution is 14.1. The molecule has 0 aliphatic rings. The third-order valence-electron chi connectivity index (χ3n) is 1.42. The summed E-state index contributed by atoms with van der Waals surface area (Å²) < 4.78 is 24.9. The van der Waals surface area contributed by atoms with E-state index in [0.29, 0.717) is 3.70 Å². The third-order valence-corrected chi connectivity index (χ3v) is 2.85. The Hall–Kier alpha value is -0.0100. The van der Waals surface area contributed by atoms with Crippen molar-refractivity contribution in [3.05, 3.63) is 26.0 Å². The number of aromatic nitrogens is 1. The molecule has 6 heteroatoms. The maximum Gasteiger partial charge on any atom is 0.280 e. The van der Waals surface area contributed by atoms with Gasteiger partial charge in [0.2, 0.25) is 0 Å². The van der Waals surface area contributed by atoms with Crippen LogP contribution in [0.5, 0.6) is 0 Å². The second-order valence-corrected chi connectivity index (χ2v) is 3.69. The highest BCUT2D eigenvalue weighted by Crippen LogP contribution is 2.26. The van der Waals surface area contributed by atoms with E-state index in [2.05, 4.69) is 4.98 Å². The summed E-state index contributed by atoms with van der Waals surface area (Å²) in [6.07, 6.45) is -2.69. The number of rotatable bonds is 2. The van der Waals surface area contributed by atoms with Crippen LogP contribution in [-0.2, 0) is 6.61 Å². The lowest BCUT2D eigenvalue weighted by molar-refractivity contribution is 0.141. The smallest absolute Gasteiger partial charge is 0.280 e. The summed E-state index contributed by atoms with van der Waals surface area (Å²) in [7, 11) is 0. The largest absolute Gasteiger partial charge is 0.392 e. The van der Waals surface area contributed by atoms with Crippen molar-refractivity contribution in [3.63, 3.8) is 0 Å². The van der Waals surface area contributed by atoms with Crippen molar-refractivity contribution >= 4 is 34.2 Å².